The lowest BCUT2D eigenvalue weighted by Gasteiger charge is -2.33. The van der Waals surface area contributed by atoms with E-state index in [0.717, 1.165) is 38.4 Å². The van der Waals surface area contributed by atoms with Gasteiger partial charge in [-0.15, -0.1) is 0 Å². The molecule has 0 aromatic heterocycles. The molecule has 152 valence electrons. The van der Waals surface area contributed by atoms with Gasteiger partial charge in [0, 0.05) is 51.9 Å². The normalized spacial score (nSPS) is 18.9. The first-order chi connectivity index (χ1) is 13.1. The number of benzene rings is 1. The third-order valence-electron chi connectivity index (χ3n) is 5.16. The average Bonchev–Trinajstić information content (AvgIpc) is 2.67. The minimum Gasteiger partial charge on any atom is -0.357 e. The van der Waals surface area contributed by atoms with Crippen molar-refractivity contribution in [1.82, 2.24) is 20.4 Å². The van der Waals surface area contributed by atoms with E-state index in [0.29, 0.717) is 12.0 Å². The summed E-state index contributed by atoms with van der Waals surface area (Å²) >= 11 is 0. The van der Waals surface area contributed by atoms with Gasteiger partial charge in [-0.3, -0.25) is 4.99 Å². The fraction of sp³-hybridized carbons (Fsp3) is 0.682. The minimum atomic E-state index is 0.399. The standard InChI is InChI=1S/C22H39N5/c1-5-23-22(25-20(3)11-12-21-9-7-6-8-10-21)24-17-19(2)18-27-15-13-26(4)14-16-27/h6-10,19-20H,5,11-18H2,1-4H3,(H2,23,24,25). The maximum Gasteiger partial charge on any atom is 0.191 e. The summed E-state index contributed by atoms with van der Waals surface area (Å²) in [5.74, 6) is 1.52. The number of hydrogen-bond acceptors (Lipinski definition) is 3. The predicted molar refractivity (Wildman–Crippen MR) is 116 cm³/mol. The van der Waals surface area contributed by atoms with E-state index in [1.807, 2.05) is 0 Å². The van der Waals surface area contributed by atoms with Gasteiger partial charge in [-0.05, 0) is 45.2 Å². The molecule has 1 aliphatic heterocycles. The van der Waals surface area contributed by atoms with E-state index in [9.17, 15) is 0 Å². The number of likely N-dealkylation sites (N-methyl/N-ethyl adjacent to an activating group) is 1. The largest absolute Gasteiger partial charge is 0.357 e. The number of rotatable bonds is 9. The zero-order valence-corrected chi connectivity index (χ0v) is 17.7. The molecule has 27 heavy (non-hydrogen) atoms. The van der Waals surface area contributed by atoms with Crippen LogP contribution in [0.3, 0.4) is 0 Å². The number of hydrogen-bond donors (Lipinski definition) is 2. The predicted octanol–water partition coefficient (Wildman–Crippen LogP) is 2.45. The van der Waals surface area contributed by atoms with Crippen LogP contribution in [-0.4, -0.2) is 74.7 Å². The second-order valence-corrected chi connectivity index (χ2v) is 8.00. The van der Waals surface area contributed by atoms with Gasteiger partial charge in [0.2, 0.25) is 0 Å². The molecule has 2 atom stereocenters. The van der Waals surface area contributed by atoms with Gasteiger partial charge in [-0.25, -0.2) is 0 Å². The summed E-state index contributed by atoms with van der Waals surface area (Å²) in [5, 5.41) is 6.97. The van der Waals surface area contributed by atoms with E-state index in [4.69, 9.17) is 4.99 Å². The quantitative estimate of drug-likeness (QED) is 0.515. The Balaban J connectivity index is 1.75. The highest BCUT2D eigenvalue weighted by molar-refractivity contribution is 5.80. The molecule has 1 aromatic carbocycles. The summed E-state index contributed by atoms with van der Waals surface area (Å²) in [5.41, 5.74) is 1.40. The molecule has 0 aliphatic carbocycles. The summed E-state index contributed by atoms with van der Waals surface area (Å²) in [6.45, 7) is 14.3. The number of aryl methyl sites for hydroxylation is 1. The molecule has 2 unspecified atom stereocenters. The zero-order valence-electron chi connectivity index (χ0n) is 17.7. The minimum absolute atomic E-state index is 0.399. The molecule has 1 heterocycles. The number of piperazine rings is 1. The molecule has 1 fully saturated rings. The summed E-state index contributed by atoms with van der Waals surface area (Å²) in [7, 11) is 2.21. The SMILES string of the molecule is CCNC(=NCC(C)CN1CCN(C)CC1)NC(C)CCc1ccccc1. The highest BCUT2D eigenvalue weighted by atomic mass is 15.2. The van der Waals surface area contributed by atoms with Gasteiger partial charge < -0.3 is 20.4 Å². The molecule has 5 heteroatoms. The first-order valence-electron chi connectivity index (χ1n) is 10.6. The molecule has 1 aromatic rings. The van der Waals surface area contributed by atoms with Gasteiger partial charge in [-0.2, -0.15) is 0 Å². The van der Waals surface area contributed by atoms with E-state index >= 15 is 0 Å². The van der Waals surface area contributed by atoms with Crippen LogP contribution in [-0.2, 0) is 6.42 Å². The van der Waals surface area contributed by atoms with Crippen LogP contribution in [0.15, 0.2) is 35.3 Å². The van der Waals surface area contributed by atoms with E-state index in [1.54, 1.807) is 0 Å². The number of nitrogens with one attached hydrogen (secondary N) is 2. The van der Waals surface area contributed by atoms with E-state index in [2.05, 4.69) is 78.6 Å². The van der Waals surface area contributed by atoms with Crippen molar-refractivity contribution in [3.8, 4) is 0 Å². The van der Waals surface area contributed by atoms with Crippen molar-refractivity contribution in [3.63, 3.8) is 0 Å². The third-order valence-corrected chi connectivity index (χ3v) is 5.16. The Morgan fingerprint density at radius 1 is 1.11 bits per heavy atom. The first kappa shape index (κ1) is 21.7. The molecule has 1 aliphatic rings. The van der Waals surface area contributed by atoms with E-state index in [-0.39, 0.29) is 0 Å². The van der Waals surface area contributed by atoms with Gasteiger partial charge >= 0.3 is 0 Å². The van der Waals surface area contributed by atoms with Gasteiger partial charge in [0.25, 0.3) is 0 Å². The first-order valence-corrected chi connectivity index (χ1v) is 10.6. The number of aliphatic imine (C=N–C) groups is 1. The molecule has 2 N–H and O–H groups in total. The lowest BCUT2D eigenvalue weighted by molar-refractivity contribution is 0.140. The highest BCUT2D eigenvalue weighted by Crippen LogP contribution is 2.06. The lowest BCUT2D eigenvalue weighted by Crippen LogP contribution is -2.46. The third kappa shape index (κ3) is 8.76. The highest BCUT2D eigenvalue weighted by Gasteiger charge is 2.16. The Morgan fingerprint density at radius 3 is 2.48 bits per heavy atom. The van der Waals surface area contributed by atoms with Crippen molar-refractivity contribution in [3.05, 3.63) is 35.9 Å². The molecule has 5 nitrogen and oxygen atoms in total. The molecule has 1 saturated heterocycles. The second kappa shape index (κ2) is 12.0. The van der Waals surface area contributed by atoms with Crippen molar-refractivity contribution >= 4 is 5.96 Å². The van der Waals surface area contributed by atoms with Crippen molar-refractivity contribution < 1.29 is 0 Å². The van der Waals surface area contributed by atoms with Crippen LogP contribution in [0.1, 0.15) is 32.8 Å². The van der Waals surface area contributed by atoms with Crippen molar-refractivity contribution in [2.45, 2.75) is 39.7 Å². The average molecular weight is 374 g/mol. The summed E-state index contributed by atoms with van der Waals surface area (Å²) in [6.07, 6.45) is 2.19. The Hall–Kier alpha value is -1.59. The molecule has 0 spiro atoms. The lowest BCUT2D eigenvalue weighted by atomic mass is 10.1. The van der Waals surface area contributed by atoms with Gasteiger partial charge in [0.1, 0.15) is 0 Å². The maximum absolute atomic E-state index is 4.85. The summed E-state index contributed by atoms with van der Waals surface area (Å²) in [4.78, 5) is 9.82. The van der Waals surface area contributed by atoms with E-state index < -0.39 is 0 Å². The van der Waals surface area contributed by atoms with Crippen LogP contribution in [0, 0.1) is 5.92 Å². The smallest absolute Gasteiger partial charge is 0.191 e. The monoisotopic (exact) mass is 373 g/mol. The van der Waals surface area contributed by atoms with Gasteiger partial charge in [0.15, 0.2) is 5.96 Å². The van der Waals surface area contributed by atoms with Crippen LogP contribution in [0.25, 0.3) is 0 Å². The van der Waals surface area contributed by atoms with Crippen LogP contribution in [0.5, 0.6) is 0 Å². The second-order valence-electron chi connectivity index (χ2n) is 8.00. The maximum atomic E-state index is 4.85. The topological polar surface area (TPSA) is 42.9 Å². The molecule has 0 amide bonds. The number of nitrogens with zero attached hydrogens (tertiary/aromatic N) is 3. The van der Waals surface area contributed by atoms with Crippen LogP contribution in [0.2, 0.25) is 0 Å². The molecule has 0 saturated carbocycles. The fourth-order valence-electron chi connectivity index (χ4n) is 3.43. The molecule has 2 rings (SSSR count). The van der Waals surface area contributed by atoms with Crippen LogP contribution < -0.4 is 10.6 Å². The van der Waals surface area contributed by atoms with Crippen LogP contribution in [0.4, 0.5) is 0 Å². The van der Waals surface area contributed by atoms with Crippen molar-refractivity contribution in [2.24, 2.45) is 10.9 Å². The summed E-state index contributed by atoms with van der Waals surface area (Å²) < 4.78 is 0. The van der Waals surface area contributed by atoms with Crippen LogP contribution >= 0.6 is 0 Å². The van der Waals surface area contributed by atoms with Gasteiger partial charge in [-0.1, -0.05) is 37.3 Å². The molecule has 0 radical (unpaired) electrons. The van der Waals surface area contributed by atoms with Crippen molar-refractivity contribution in [2.75, 3.05) is 52.9 Å². The Kier molecular flexibility index (Phi) is 9.64. The molecule has 0 bridgehead atoms. The van der Waals surface area contributed by atoms with Gasteiger partial charge in [0.05, 0.1) is 0 Å². The van der Waals surface area contributed by atoms with Crippen molar-refractivity contribution in [1.29, 1.82) is 0 Å². The Labute approximate surface area is 166 Å². The number of guanidine groups is 1. The Bertz CT molecular complexity index is 537. The molecular formula is C22H39N5. The Morgan fingerprint density at radius 2 is 1.81 bits per heavy atom. The molecular weight excluding hydrogens is 334 g/mol. The fourth-order valence-corrected chi connectivity index (χ4v) is 3.43. The summed E-state index contributed by atoms with van der Waals surface area (Å²) in [6, 6.07) is 11.1. The zero-order chi connectivity index (χ0) is 19.5. The van der Waals surface area contributed by atoms with E-state index in [1.165, 1.54) is 31.7 Å².